The summed E-state index contributed by atoms with van der Waals surface area (Å²) >= 11 is 2.03. The molecular weight excluding hydrogens is 464 g/mol. The normalized spacial score (nSPS) is 19.6. The van der Waals surface area contributed by atoms with E-state index in [1.165, 1.54) is 6.07 Å². The number of β-amino-alcohol motifs (C(OH)–C–C–N with tert-alkyl or cyclic N) is 1. The zero-order chi connectivity index (χ0) is 19.2. The number of halogens is 2. The first-order valence-electron chi connectivity index (χ1n) is 8.44. The van der Waals surface area contributed by atoms with E-state index in [1.54, 1.807) is 42.4 Å². The third-order valence-corrected chi connectivity index (χ3v) is 5.28. The molecule has 3 aromatic rings. The highest BCUT2D eigenvalue weighted by molar-refractivity contribution is 14.1. The Kier molecular flexibility index (Phi) is 4.55. The summed E-state index contributed by atoms with van der Waals surface area (Å²) in [5, 5.41) is 13.7. The lowest BCUT2D eigenvalue weighted by molar-refractivity contribution is 0.0557. The smallest absolute Gasteiger partial charge is 0.291 e. The monoisotopic (exact) mass is 481 g/mol. The molecule has 3 heterocycles. The van der Waals surface area contributed by atoms with Crippen LogP contribution in [0.4, 0.5) is 15.8 Å². The first kappa shape index (κ1) is 18.2. The van der Waals surface area contributed by atoms with Crippen molar-refractivity contribution >= 4 is 50.8 Å². The number of pyridine rings is 1. The number of benzene rings is 1. The molecule has 8 heteroatoms. The number of nitrogens with zero attached hydrogens (tertiary/aromatic N) is 2. The number of nitrogens with one attached hydrogen (secondary N) is 1. The molecular formula is C19H17FIN3O3. The zero-order valence-electron chi connectivity index (χ0n) is 14.5. The van der Waals surface area contributed by atoms with Crippen molar-refractivity contribution in [3.05, 3.63) is 51.8 Å². The molecule has 27 heavy (non-hydrogen) atoms. The van der Waals surface area contributed by atoms with E-state index in [4.69, 9.17) is 4.42 Å². The number of amides is 1. The van der Waals surface area contributed by atoms with Crippen LogP contribution in [0.1, 0.15) is 23.9 Å². The molecule has 1 atom stereocenters. The van der Waals surface area contributed by atoms with E-state index in [0.717, 1.165) is 3.57 Å². The van der Waals surface area contributed by atoms with Crippen LogP contribution in [0.2, 0.25) is 0 Å². The molecule has 0 saturated carbocycles. The van der Waals surface area contributed by atoms with Crippen LogP contribution in [0.5, 0.6) is 0 Å². The van der Waals surface area contributed by atoms with Crippen LogP contribution in [0, 0.1) is 9.39 Å². The van der Waals surface area contributed by atoms with E-state index in [-0.39, 0.29) is 23.9 Å². The zero-order valence-corrected chi connectivity index (χ0v) is 16.7. The van der Waals surface area contributed by atoms with Crippen molar-refractivity contribution < 1.29 is 18.7 Å². The molecule has 1 amide bonds. The van der Waals surface area contributed by atoms with Gasteiger partial charge in [-0.3, -0.25) is 9.78 Å². The maximum absolute atomic E-state index is 14.3. The van der Waals surface area contributed by atoms with Crippen LogP contribution in [0.3, 0.4) is 0 Å². The van der Waals surface area contributed by atoms with Gasteiger partial charge in [0.25, 0.3) is 5.91 Å². The number of hydrogen-bond donors (Lipinski definition) is 2. The SMILES string of the molecule is CC1(O)CCN(C(=O)c2oc3ccncc3c2Nc2ccc(I)cc2F)C1. The summed E-state index contributed by atoms with van der Waals surface area (Å²) in [5.41, 5.74) is 0.172. The molecule has 0 spiro atoms. The minimum Gasteiger partial charge on any atom is -0.448 e. The van der Waals surface area contributed by atoms with Crippen LogP contribution >= 0.6 is 22.6 Å². The molecule has 2 aromatic heterocycles. The van der Waals surface area contributed by atoms with Crippen molar-refractivity contribution in [3.8, 4) is 0 Å². The Balaban J connectivity index is 1.77. The predicted molar refractivity (Wildman–Crippen MR) is 108 cm³/mol. The van der Waals surface area contributed by atoms with Crippen LogP contribution in [0.15, 0.2) is 41.1 Å². The standard InChI is InChI=1S/C19H17FIN3O3/c1-19(26)5-7-24(10-19)18(25)17-16(12-9-22-6-4-15(12)27-17)23-14-3-2-11(21)8-13(14)20/h2-4,6,8-9,23,26H,5,7,10H2,1H3. The molecule has 2 N–H and O–H groups in total. The van der Waals surface area contributed by atoms with Gasteiger partial charge in [0, 0.05) is 29.1 Å². The second-order valence-electron chi connectivity index (χ2n) is 6.90. The van der Waals surface area contributed by atoms with Gasteiger partial charge in [-0.05, 0) is 60.2 Å². The maximum atomic E-state index is 14.3. The minimum absolute atomic E-state index is 0.0775. The van der Waals surface area contributed by atoms with Crippen LogP contribution in [-0.4, -0.2) is 39.6 Å². The second-order valence-corrected chi connectivity index (χ2v) is 8.15. The summed E-state index contributed by atoms with van der Waals surface area (Å²) in [6, 6.07) is 6.44. The number of anilines is 2. The Labute approximate surface area is 168 Å². The lowest BCUT2D eigenvalue weighted by atomic mass is 10.1. The summed E-state index contributed by atoms with van der Waals surface area (Å²) in [6.07, 6.45) is 3.63. The molecule has 1 aliphatic rings. The maximum Gasteiger partial charge on any atom is 0.291 e. The van der Waals surface area contributed by atoms with E-state index in [9.17, 15) is 14.3 Å². The molecule has 4 rings (SSSR count). The largest absolute Gasteiger partial charge is 0.448 e. The third kappa shape index (κ3) is 3.51. The first-order valence-corrected chi connectivity index (χ1v) is 9.52. The topological polar surface area (TPSA) is 78.6 Å². The molecule has 0 bridgehead atoms. The summed E-state index contributed by atoms with van der Waals surface area (Å²) in [4.78, 5) is 18.6. The Morgan fingerprint density at radius 3 is 2.96 bits per heavy atom. The van der Waals surface area contributed by atoms with Gasteiger partial charge >= 0.3 is 0 Å². The van der Waals surface area contributed by atoms with E-state index >= 15 is 0 Å². The van der Waals surface area contributed by atoms with E-state index < -0.39 is 11.4 Å². The number of likely N-dealkylation sites (tertiary alicyclic amines) is 1. The number of aromatic nitrogens is 1. The van der Waals surface area contributed by atoms with E-state index in [2.05, 4.69) is 10.3 Å². The van der Waals surface area contributed by atoms with Crippen molar-refractivity contribution in [3.63, 3.8) is 0 Å². The van der Waals surface area contributed by atoms with E-state index in [1.807, 2.05) is 22.6 Å². The quantitative estimate of drug-likeness (QED) is 0.555. The lowest BCUT2D eigenvalue weighted by Gasteiger charge is -2.18. The minimum atomic E-state index is -0.918. The number of aliphatic hydroxyl groups is 1. The van der Waals surface area contributed by atoms with Crippen LogP contribution in [-0.2, 0) is 0 Å². The highest BCUT2D eigenvalue weighted by Crippen LogP contribution is 2.35. The van der Waals surface area contributed by atoms with Gasteiger partial charge in [-0.15, -0.1) is 0 Å². The first-order chi connectivity index (χ1) is 12.8. The lowest BCUT2D eigenvalue weighted by Crippen LogP contribution is -2.34. The number of carbonyl (C=O) groups excluding carboxylic acids is 1. The van der Waals surface area contributed by atoms with Crippen LogP contribution < -0.4 is 5.32 Å². The molecule has 0 radical (unpaired) electrons. The second kappa shape index (κ2) is 6.75. The van der Waals surface area contributed by atoms with Crippen LogP contribution in [0.25, 0.3) is 11.0 Å². The fourth-order valence-electron chi connectivity index (χ4n) is 3.20. The van der Waals surface area contributed by atoms with Gasteiger partial charge in [-0.1, -0.05) is 0 Å². The fraction of sp³-hybridized carbons (Fsp3) is 0.263. The van der Waals surface area contributed by atoms with Gasteiger partial charge in [0.1, 0.15) is 17.1 Å². The van der Waals surface area contributed by atoms with Gasteiger partial charge < -0.3 is 19.7 Å². The van der Waals surface area contributed by atoms with Crippen molar-refractivity contribution in [2.75, 3.05) is 18.4 Å². The Bertz CT molecular complexity index is 1030. The fourth-order valence-corrected chi connectivity index (χ4v) is 3.66. The van der Waals surface area contributed by atoms with Crippen molar-refractivity contribution in [2.24, 2.45) is 0 Å². The summed E-state index contributed by atoms with van der Waals surface area (Å²) < 4.78 is 20.9. The summed E-state index contributed by atoms with van der Waals surface area (Å²) in [7, 11) is 0. The molecule has 6 nitrogen and oxygen atoms in total. The number of hydrogen-bond acceptors (Lipinski definition) is 5. The molecule has 0 aliphatic carbocycles. The highest BCUT2D eigenvalue weighted by Gasteiger charge is 2.36. The molecule has 1 aromatic carbocycles. The highest BCUT2D eigenvalue weighted by atomic mass is 127. The molecule has 140 valence electrons. The Morgan fingerprint density at radius 1 is 1.44 bits per heavy atom. The number of carbonyl (C=O) groups is 1. The number of rotatable bonds is 3. The van der Waals surface area contributed by atoms with Gasteiger partial charge in [0.15, 0.2) is 0 Å². The average molecular weight is 481 g/mol. The summed E-state index contributed by atoms with van der Waals surface area (Å²) in [6.45, 7) is 2.35. The average Bonchev–Trinajstić information content (AvgIpc) is 3.17. The summed E-state index contributed by atoms with van der Waals surface area (Å²) in [5.74, 6) is -0.700. The number of fused-ring (bicyclic) bond motifs is 1. The van der Waals surface area contributed by atoms with Gasteiger partial charge in [0.2, 0.25) is 5.76 Å². The molecule has 1 fully saturated rings. The molecule has 1 aliphatic heterocycles. The van der Waals surface area contributed by atoms with Crippen molar-refractivity contribution in [1.82, 2.24) is 9.88 Å². The van der Waals surface area contributed by atoms with Crippen molar-refractivity contribution in [2.45, 2.75) is 18.9 Å². The van der Waals surface area contributed by atoms with Crippen molar-refractivity contribution in [1.29, 1.82) is 0 Å². The molecule has 1 unspecified atom stereocenters. The third-order valence-electron chi connectivity index (χ3n) is 4.61. The number of furan rings is 1. The van der Waals surface area contributed by atoms with Gasteiger partial charge in [0.05, 0.1) is 16.7 Å². The van der Waals surface area contributed by atoms with E-state index in [0.29, 0.717) is 29.6 Å². The Hall–Kier alpha value is -2.20. The van der Waals surface area contributed by atoms with Gasteiger partial charge in [-0.25, -0.2) is 4.39 Å². The Morgan fingerprint density at radius 2 is 2.26 bits per heavy atom. The molecule has 1 saturated heterocycles. The predicted octanol–water partition coefficient (Wildman–Crippen LogP) is 3.91. The van der Waals surface area contributed by atoms with Gasteiger partial charge in [-0.2, -0.15) is 0 Å².